The Morgan fingerprint density at radius 3 is 1.46 bits per heavy atom. The molecule has 1 nitrogen and oxygen atoms in total. The molecule has 1 aliphatic rings. The quantitative estimate of drug-likeness (QED) is 0.164. The third-order valence-corrected chi connectivity index (χ3v) is 10.7. The van der Waals surface area contributed by atoms with E-state index in [0.717, 1.165) is 17.1 Å². The van der Waals surface area contributed by atoms with Gasteiger partial charge in [0.05, 0.1) is 5.69 Å². The first kappa shape index (κ1) is 31.5. The lowest BCUT2D eigenvalue weighted by molar-refractivity contribution is 0.660. The molecular weight excluding hydrogens is 627 g/mol. The Balaban J connectivity index is 1.16. The van der Waals surface area contributed by atoms with Crippen LogP contribution in [0.1, 0.15) is 25.0 Å². The molecule has 8 aromatic rings. The van der Waals surface area contributed by atoms with Gasteiger partial charge in [-0.25, -0.2) is 0 Å². The molecule has 0 saturated heterocycles. The van der Waals surface area contributed by atoms with Gasteiger partial charge in [-0.05, 0) is 97.6 Å². The van der Waals surface area contributed by atoms with Gasteiger partial charge in [-0.1, -0.05) is 178 Å². The van der Waals surface area contributed by atoms with E-state index in [1.807, 2.05) is 0 Å². The summed E-state index contributed by atoms with van der Waals surface area (Å²) in [5, 5.41) is 0. The fraction of sp³-hybridized carbons (Fsp3) is 0.0588. The summed E-state index contributed by atoms with van der Waals surface area (Å²) < 4.78 is 0. The fourth-order valence-electron chi connectivity index (χ4n) is 7.96. The number of rotatable bonds is 7. The second kappa shape index (κ2) is 13.0. The number of hydrogen-bond donors (Lipinski definition) is 0. The van der Waals surface area contributed by atoms with Gasteiger partial charge in [0.1, 0.15) is 0 Å². The molecule has 0 N–H and O–H groups in total. The smallest absolute Gasteiger partial charge is 0.0540 e. The van der Waals surface area contributed by atoms with E-state index in [1.54, 1.807) is 0 Å². The average Bonchev–Trinajstić information content (AvgIpc) is 3.45. The molecule has 0 bridgehead atoms. The number of hydrogen-bond acceptors (Lipinski definition) is 1. The SMILES string of the molecule is CC1(C)c2ccccc2-c2ccc(N(c3ccc(-c4cccc(-c5ccccc5)c4)cc3)c3ccccc3-c3ccc(-c4ccccc4)cc3)cc21. The zero-order valence-corrected chi connectivity index (χ0v) is 29.5. The molecule has 8 aromatic carbocycles. The van der Waals surface area contributed by atoms with E-state index < -0.39 is 0 Å². The summed E-state index contributed by atoms with van der Waals surface area (Å²) >= 11 is 0. The minimum atomic E-state index is -0.103. The number of benzene rings is 8. The third kappa shape index (κ3) is 5.61. The number of nitrogens with zero attached hydrogens (tertiary/aromatic N) is 1. The normalized spacial score (nSPS) is 12.6. The maximum atomic E-state index is 2.43. The van der Waals surface area contributed by atoms with Crippen LogP contribution >= 0.6 is 0 Å². The Kier molecular flexibility index (Phi) is 7.90. The van der Waals surface area contributed by atoms with E-state index in [4.69, 9.17) is 0 Å². The van der Waals surface area contributed by atoms with Gasteiger partial charge in [0.15, 0.2) is 0 Å². The minimum Gasteiger partial charge on any atom is -0.310 e. The summed E-state index contributed by atoms with van der Waals surface area (Å²) in [6, 6.07) is 72.8. The van der Waals surface area contributed by atoms with Crippen LogP contribution in [0, 0.1) is 0 Å². The van der Waals surface area contributed by atoms with Crippen molar-refractivity contribution in [3.8, 4) is 55.6 Å². The molecule has 248 valence electrons. The molecule has 1 heteroatoms. The minimum absolute atomic E-state index is 0.103. The molecule has 0 saturated carbocycles. The first-order valence-electron chi connectivity index (χ1n) is 18.1. The largest absolute Gasteiger partial charge is 0.310 e. The summed E-state index contributed by atoms with van der Waals surface area (Å²) in [7, 11) is 0. The van der Waals surface area contributed by atoms with Gasteiger partial charge >= 0.3 is 0 Å². The summed E-state index contributed by atoms with van der Waals surface area (Å²) in [4.78, 5) is 2.43. The van der Waals surface area contributed by atoms with E-state index in [1.165, 1.54) is 66.8 Å². The molecule has 0 atom stereocenters. The Morgan fingerprint density at radius 1 is 0.308 bits per heavy atom. The van der Waals surface area contributed by atoms with Gasteiger partial charge in [-0.3, -0.25) is 0 Å². The van der Waals surface area contributed by atoms with Crippen LogP contribution in [0.15, 0.2) is 200 Å². The second-order valence-electron chi connectivity index (χ2n) is 14.2. The summed E-state index contributed by atoms with van der Waals surface area (Å²) in [6.07, 6.45) is 0. The number of anilines is 3. The van der Waals surface area contributed by atoms with Crippen LogP contribution in [0.2, 0.25) is 0 Å². The molecular formula is C51H39N. The average molecular weight is 666 g/mol. The van der Waals surface area contributed by atoms with Crippen molar-refractivity contribution in [3.05, 3.63) is 211 Å². The summed E-state index contributed by atoms with van der Waals surface area (Å²) in [6.45, 7) is 4.71. The highest BCUT2D eigenvalue weighted by Gasteiger charge is 2.35. The van der Waals surface area contributed by atoms with E-state index in [-0.39, 0.29) is 5.41 Å². The van der Waals surface area contributed by atoms with Crippen molar-refractivity contribution in [2.45, 2.75) is 19.3 Å². The van der Waals surface area contributed by atoms with Crippen molar-refractivity contribution in [1.29, 1.82) is 0 Å². The Hall–Kier alpha value is -6.44. The van der Waals surface area contributed by atoms with Gasteiger partial charge in [0, 0.05) is 22.4 Å². The molecule has 0 radical (unpaired) electrons. The molecule has 0 fully saturated rings. The lowest BCUT2D eigenvalue weighted by Crippen LogP contribution is -2.16. The van der Waals surface area contributed by atoms with Crippen LogP contribution in [-0.4, -0.2) is 0 Å². The topological polar surface area (TPSA) is 3.24 Å². The molecule has 0 aromatic heterocycles. The van der Waals surface area contributed by atoms with Crippen molar-refractivity contribution in [3.63, 3.8) is 0 Å². The monoisotopic (exact) mass is 665 g/mol. The summed E-state index contributed by atoms with van der Waals surface area (Å²) in [5.41, 5.74) is 18.3. The Bertz CT molecular complexity index is 2510. The van der Waals surface area contributed by atoms with Gasteiger partial charge in [0.2, 0.25) is 0 Å². The van der Waals surface area contributed by atoms with Crippen LogP contribution in [0.5, 0.6) is 0 Å². The van der Waals surface area contributed by atoms with Crippen molar-refractivity contribution in [1.82, 2.24) is 0 Å². The van der Waals surface area contributed by atoms with Crippen molar-refractivity contribution in [2.24, 2.45) is 0 Å². The van der Waals surface area contributed by atoms with Crippen LogP contribution in [0.25, 0.3) is 55.6 Å². The van der Waals surface area contributed by atoms with E-state index in [9.17, 15) is 0 Å². The van der Waals surface area contributed by atoms with Gasteiger partial charge in [-0.2, -0.15) is 0 Å². The highest BCUT2D eigenvalue weighted by molar-refractivity contribution is 5.91. The van der Waals surface area contributed by atoms with E-state index >= 15 is 0 Å². The van der Waals surface area contributed by atoms with Crippen molar-refractivity contribution in [2.75, 3.05) is 4.90 Å². The Labute approximate surface area is 307 Å². The zero-order valence-electron chi connectivity index (χ0n) is 29.5. The van der Waals surface area contributed by atoms with Gasteiger partial charge in [-0.15, -0.1) is 0 Å². The maximum Gasteiger partial charge on any atom is 0.0540 e. The number of para-hydroxylation sites is 1. The Morgan fingerprint density at radius 2 is 0.769 bits per heavy atom. The first-order valence-corrected chi connectivity index (χ1v) is 18.1. The molecule has 0 spiro atoms. The van der Waals surface area contributed by atoms with E-state index in [2.05, 4.69) is 219 Å². The van der Waals surface area contributed by atoms with Crippen LogP contribution in [0.3, 0.4) is 0 Å². The van der Waals surface area contributed by atoms with E-state index in [0.29, 0.717) is 0 Å². The zero-order chi connectivity index (χ0) is 35.1. The predicted octanol–water partition coefficient (Wildman–Crippen LogP) is 14.1. The van der Waals surface area contributed by atoms with Crippen LogP contribution in [-0.2, 0) is 5.41 Å². The van der Waals surface area contributed by atoms with Gasteiger partial charge in [0.25, 0.3) is 0 Å². The standard InChI is InChI=1S/C51H39N/c1-51(2)48-22-11-9-21-46(48)47-33-32-44(35-49(47)51)52(43-30-28-39(29-31-43)42-19-13-18-41(34-42)37-16-7-4-8-17-37)50-23-12-10-20-45(50)40-26-24-38(25-27-40)36-14-5-3-6-15-36/h3-35H,1-2H3. The lowest BCUT2D eigenvalue weighted by Gasteiger charge is -2.30. The highest BCUT2D eigenvalue weighted by Crippen LogP contribution is 2.51. The van der Waals surface area contributed by atoms with Crippen molar-refractivity contribution >= 4 is 17.1 Å². The van der Waals surface area contributed by atoms with Gasteiger partial charge < -0.3 is 4.90 Å². The highest BCUT2D eigenvalue weighted by atomic mass is 15.1. The molecule has 1 aliphatic carbocycles. The third-order valence-electron chi connectivity index (χ3n) is 10.7. The summed E-state index contributed by atoms with van der Waals surface area (Å²) in [5.74, 6) is 0. The van der Waals surface area contributed by atoms with Crippen LogP contribution in [0.4, 0.5) is 17.1 Å². The second-order valence-corrected chi connectivity index (χ2v) is 14.2. The molecule has 0 heterocycles. The number of fused-ring (bicyclic) bond motifs is 3. The fourth-order valence-corrected chi connectivity index (χ4v) is 7.96. The molecule has 52 heavy (non-hydrogen) atoms. The maximum absolute atomic E-state index is 2.43. The molecule has 9 rings (SSSR count). The van der Waals surface area contributed by atoms with Crippen molar-refractivity contribution < 1.29 is 0 Å². The predicted molar refractivity (Wildman–Crippen MR) is 220 cm³/mol. The molecule has 0 unspecified atom stereocenters. The lowest BCUT2D eigenvalue weighted by atomic mass is 9.82. The molecule has 0 amide bonds. The molecule has 0 aliphatic heterocycles. The first-order chi connectivity index (χ1) is 25.5. The van der Waals surface area contributed by atoms with Crippen LogP contribution < -0.4 is 4.90 Å².